The molecule has 0 aromatic heterocycles. The number of guanidine groups is 1. The van der Waals surface area contributed by atoms with E-state index < -0.39 is 0 Å². The second-order valence-electron chi connectivity index (χ2n) is 6.64. The fourth-order valence-corrected chi connectivity index (χ4v) is 2.84. The Kier molecular flexibility index (Phi) is 8.01. The summed E-state index contributed by atoms with van der Waals surface area (Å²) in [6.07, 6.45) is 0. The lowest BCUT2D eigenvalue weighted by Crippen LogP contribution is -2.49. The number of morpholine rings is 1. The second kappa shape index (κ2) is 10.3. The molecule has 0 spiro atoms. The summed E-state index contributed by atoms with van der Waals surface area (Å²) in [6, 6.07) is 8.96. The van der Waals surface area contributed by atoms with Gasteiger partial charge in [0.1, 0.15) is 0 Å². The predicted octanol–water partition coefficient (Wildman–Crippen LogP) is 1.53. The van der Waals surface area contributed by atoms with Crippen molar-refractivity contribution in [3.8, 4) is 0 Å². The van der Waals surface area contributed by atoms with Gasteiger partial charge in [-0.2, -0.15) is 0 Å². The van der Waals surface area contributed by atoms with Crippen molar-refractivity contribution in [1.29, 1.82) is 0 Å². The number of benzene rings is 1. The molecule has 25 heavy (non-hydrogen) atoms. The van der Waals surface area contributed by atoms with E-state index in [0.29, 0.717) is 12.6 Å². The Hall–Kier alpha value is -1.79. The highest BCUT2D eigenvalue weighted by Crippen LogP contribution is 2.14. The van der Waals surface area contributed by atoms with Crippen molar-refractivity contribution in [1.82, 2.24) is 15.5 Å². The van der Waals surface area contributed by atoms with E-state index in [-0.39, 0.29) is 0 Å². The van der Waals surface area contributed by atoms with Crippen molar-refractivity contribution in [2.75, 3.05) is 58.4 Å². The molecular weight excluding hydrogens is 314 g/mol. The second-order valence-corrected chi connectivity index (χ2v) is 6.64. The average Bonchev–Trinajstić information content (AvgIpc) is 2.64. The van der Waals surface area contributed by atoms with Crippen LogP contribution in [-0.4, -0.2) is 70.4 Å². The highest BCUT2D eigenvalue weighted by Gasteiger charge is 2.16. The molecule has 1 aromatic carbocycles. The van der Waals surface area contributed by atoms with Crippen LogP contribution in [0.2, 0.25) is 0 Å². The van der Waals surface area contributed by atoms with Gasteiger partial charge in [0.05, 0.1) is 19.8 Å². The zero-order valence-corrected chi connectivity index (χ0v) is 16.1. The topological polar surface area (TPSA) is 52.1 Å². The molecule has 1 fully saturated rings. The fourth-order valence-electron chi connectivity index (χ4n) is 2.84. The minimum Gasteiger partial charge on any atom is -0.379 e. The largest absolute Gasteiger partial charge is 0.379 e. The number of hydrogen-bond acceptors (Lipinski definition) is 4. The molecule has 0 aliphatic carbocycles. The Labute approximate surface area is 152 Å². The maximum Gasteiger partial charge on any atom is 0.191 e. The van der Waals surface area contributed by atoms with Crippen LogP contribution in [0.4, 0.5) is 5.69 Å². The standard InChI is InChI=1S/C19H33N5O/c1-5-20-19(21-14-16(2)24-9-11-25-12-10-24)22-15-17-7-6-8-18(13-17)23(3)4/h6-8,13,16H,5,9-12,14-15H2,1-4H3,(H2,20,21,22). The summed E-state index contributed by atoms with van der Waals surface area (Å²) in [4.78, 5) is 9.30. The molecule has 1 aliphatic heterocycles. The van der Waals surface area contributed by atoms with Crippen molar-refractivity contribution >= 4 is 11.6 Å². The van der Waals surface area contributed by atoms with E-state index >= 15 is 0 Å². The highest BCUT2D eigenvalue weighted by molar-refractivity contribution is 5.79. The molecule has 6 nitrogen and oxygen atoms in total. The first-order chi connectivity index (χ1) is 12.1. The summed E-state index contributed by atoms with van der Waals surface area (Å²) in [6.45, 7) is 10.4. The third-order valence-electron chi connectivity index (χ3n) is 4.42. The molecule has 140 valence electrons. The molecule has 1 unspecified atom stereocenters. The van der Waals surface area contributed by atoms with Crippen LogP contribution >= 0.6 is 0 Å². The molecular formula is C19H33N5O. The van der Waals surface area contributed by atoms with E-state index in [0.717, 1.165) is 45.4 Å². The third kappa shape index (κ3) is 6.55. The van der Waals surface area contributed by atoms with E-state index in [9.17, 15) is 0 Å². The molecule has 0 radical (unpaired) electrons. The number of nitrogens with one attached hydrogen (secondary N) is 2. The van der Waals surface area contributed by atoms with Gasteiger partial charge < -0.3 is 20.3 Å². The number of anilines is 1. The molecule has 2 N–H and O–H groups in total. The highest BCUT2D eigenvalue weighted by atomic mass is 16.5. The predicted molar refractivity (Wildman–Crippen MR) is 105 cm³/mol. The zero-order chi connectivity index (χ0) is 18.1. The third-order valence-corrected chi connectivity index (χ3v) is 4.42. The van der Waals surface area contributed by atoms with Crippen LogP contribution in [0.1, 0.15) is 19.4 Å². The molecule has 1 atom stereocenters. The molecule has 1 heterocycles. The summed E-state index contributed by atoms with van der Waals surface area (Å²) >= 11 is 0. The van der Waals surface area contributed by atoms with Crippen LogP contribution in [-0.2, 0) is 11.3 Å². The maximum atomic E-state index is 5.43. The molecule has 6 heteroatoms. The van der Waals surface area contributed by atoms with E-state index in [2.05, 4.69) is 72.6 Å². The molecule has 1 aromatic rings. The number of aliphatic imine (C=N–C) groups is 1. The minimum atomic E-state index is 0.463. The van der Waals surface area contributed by atoms with Crippen LogP contribution in [0.5, 0.6) is 0 Å². The van der Waals surface area contributed by atoms with Gasteiger partial charge in [-0.1, -0.05) is 12.1 Å². The van der Waals surface area contributed by atoms with Crippen molar-refractivity contribution in [3.63, 3.8) is 0 Å². The number of nitrogens with zero attached hydrogens (tertiary/aromatic N) is 3. The lowest BCUT2D eigenvalue weighted by atomic mass is 10.2. The van der Waals surface area contributed by atoms with Crippen molar-refractivity contribution in [3.05, 3.63) is 29.8 Å². The van der Waals surface area contributed by atoms with Crippen molar-refractivity contribution in [2.24, 2.45) is 4.99 Å². The average molecular weight is 348 g/mol. The molecule has 0 saturated carbocycles. The van der Waals surface area contributed by atoms with Gasteiger partial charge in [0, 0.05) is 52.0 Å². The van der Waals surface area contributed by atoms with Crippen LogP contribution < -0.4 is 15.5 Å². The monoisotopic (exact) mass is 347 g/mol. The van der Waals surface area contributed by atoms with Crippen LogP contribution in [0, 0.1) is 0 Å². The van der Waals surface area contributed by atoms with Crippen LogP contribution in [0.15, 0.2) is 29.3 Å². The van der Waals surface area contributed by atoms with E-state index in [1.165, 1.54) is 11.3 Å². The fraction of sp³-hybridized carbons (Fsp3) is 0.632. The Balaban J connectivity index is 1.90. The SMILES string of the molecule is CCNC(=NCc1cccc(N(C)C)c1)NCC(C)N1CCOCC1. The van der Waals surface area contributed by atoms with E-state index in [4.69, 9.17) is 9.73 Å². The molecule has 0 amide bonds. The Morgan fingerprint density at radius 2 is 2.04 bits per heavy atom. The zero-order valence-electron chi connectivity index (χ0n) is 16.1. The lowest BCUT2D eigenvalue weighted by molar-refractivity contribution is 0.0211. The number of hydrogen-bond donors (Lipinski definition) is 2. The molecule has 1 saturated heterocycles. The van der Waals surface area contributed by atoms with Gasteiger partial charge >= 0.3 is 0 Å². The maximum absolute atomic E-state index is 5.43. The summed E-state index contributed by atoms with van der Waals surface area (Å²) in [5.74, 6) is 0.873. The first kappa shape index (κ1) is 19.5. The van der Waals surface area contributed by atoms with Crippen LogP contribution in [0.3, 0.4) is 0 Å². The quantitative estimate of drug-likeness (QED) is 0.579. The lowest BCUT2D eigenvalue weighted by Gasteiger charge is -2.32. The summed E-state index contributed by atoms with van der Waals surface area (Å²) in [5.41, 5.74) is 2.41. The smallest absolute Gasteiger partial charge is 0.191 e. The normalized spacial score (nSPS) is 17.2. The summed E-state index contributed by atoms with van der Waals surface area (Å²) in [5, 5.41) is 6.81. The summed E-state index contributed by atoms with van der Waals surface area (Å²) < 4.78 is 5.43. The molecule has 0 bridgehead atoms. The Morgan fingerprint density at radius 1 is 1.28 bits per heavy atom. The van der Waals surface area contributed by atoms with Gasteiger partial charge in [0.25, 0.3) is 0 Å². The van der Waals surface area contributed by atoms with Gasteiger partial charge in [-0.25, -0.2) is 4.99 Å². The molecule has 1 aliphatic rings. The number of rotatable bonds is 7. The summed E-state index contributed by atoms with van der Waals surface area (Å²) in [7, 11) is 4.11. The molecule has 2 rings (SSSR count). The van der Waals surface area contributed by atoms with E-state index in [1.54, 1.807) is 0 Å². The first-order valence-corrected chi connectivity index (χ1v) is 9.20. The van der Waals surface area contributed by atoms with Gasteiger partial charge in [0.2, 0.25) is 0 Å². The first-order valence-electron chi connectivity index (χ1n) is 9.20. The van der Waals surface area contributed by atoms with Gasteiger partial charge in [-0.15, -0.1) is 0 Å². The van der Waals surface area contributed by atoms with Gasteiger partial charge in [-0.05, 0) is 31.5 Å². The van der Waals surface area contributed by atoms with Crippen LogP contribution in [0.25, 0.3) is 0 Å². The van der Waals surface area contributed by atoms with Gasteiger partial charge in [-0.3, -0.25) is 4.90 Å². The Morgan fingerprint density at radius 3 is 2.72 bits per heavy atom. The van der Waals surface area contributed by atoms with Crippen molar-refractivity contribution < 1.29 is 4.74 Å². The number of ether oxygens (including phenoxy) is 1. The Bertz CT molecular complexity index is 540. The minimum absolute atomic E-state index is 0.463. The van der Waals surface area contributed by atoms with E-state index in [1.807, 2.05) is 0 Å². The van der Waals surface area contributed by atoms with Gasteiger partial charge in [0.15, 0.2) is 5.96 Å². The van der Waals surface area contributed by atoms with Crippen molar-refractivity contribution in [2.45, 2.75) is 26.4 Å².